The molecule has 3 heterocycles. The van der Waals surface area contributed by atoms with Gasteiger partial charge >= 0.3 is 6.03 Å². The summed E-state index contributed by atoms with van der Waals surface area (Å²) in [5, 5.41) is 2.51. The van der Waals surface area contributed by atoms with Gasteiger partial charge in [0, 0.05) is 38.1 Å². The highest BCUT2D eigenvalue weighted by molar-refractivity contribution is 6.04. The van der Waals surface area contributed by atoms with Gasteiger partial charge in [-0.15, -0.1) is 0 Å². The molecule has 1 saturated carbocycles. The molecule has 2 fully saturated rings. The molecule has 0 aromatic carbocycles. The second-order valence-corrected chi connectivity index (χ2v) is 7.97. The number of hydrogen-bond acceptors (Lipinski definition) is 6. The molecule has 1 spiro atoms. The number of ether oxygens (including phenoxy) is 1. The fourth-order valence-electron chi connectivity index (χ4n) is 3.98. The maximum absolute atomic E-state index is 13.2. The molecule has 0 radical (unpaired) electrons. The van der Waals surface area contributed by atoms with E-state index in [2.05, 4.69) is 15.3 Å². The molecule has 3 amide bonds. The number of nitrogens with zero attached hydrogens (tertiary/aromatic N) is 3. The fraction of sp³-hybridized carbons (Fsp3) is 0.381. The molecule has 2 aliphatic rings. The van der Waals surface area contributed by atoms with Crippen LogP contribution in [0, 0.1) is 5.41 Å². The predicted molar refractivity (Wildman–Crippen MR) is 105 cm³/mol. The second kappa shape index (κ2) is 7.68. The van der Waals surface area contributed by atoms with Gasteiger partial charge in [-0.2, -0.15) is 0 Å². The Labute approximate surface area is 176 Å². The van der Waals surface area contributed by atoms with Crippen LogP contribution in [0.4, 0.5) is 19.4 Å². The Hall–Kier alpha value is -3.43. The van der Waals surface area contributed by atoms with Crippen LogP contribution in [0.3, 0.4) is 0 Å². The SMILES string of the molecule is CC(=O)Cc1cc(Oc2ccc(NC(=O)N3CCC4(CC(F)(F)C4)C3=O)nc2)ccn1. The number of hydrogen-bond donors (Lipinski definition) is 1. The highest BCUT2D eigenvalue weighted by atomic mass is 19.3. The van der Waals surface area contributed by atoms with E-state index in [0.717, 1.165) is 4.90 Å². The molecule has 8 nitrogen and oxygen atoms in total. The molecule has 1 saturated heterocycles. The molecule has 0 atom stereocenters. The number of ketones is 1. The van der Waals surface area contributed by atoms with Crippen molar-refractivity contribution < 1.29 is 27.9 Å². The van der Waals surface area contributed by atoms with Crippen molar-refractivity contribution in [3.05, 3.63) is 42.4 Å². The first-order valence-corrected chi connectivity index (χ1v) is 9.75. The van der Waals surface area contributed by atoms with Crippen molar-refractivity contribution in [2.24, 2.45) is 5.41 Å². The monoisotopic (exact) mass is 430 g/mol. The predicted octanol–water partition coefficient (Wildman–Crippen LogP) is 3.58. The van der Waals surface area contributed by atoms with Gasteiger partial charge in [0.05, 0.1) is 17.3 Å². The van der Waals surface area contributed by atoms with Crippen LogP contribution in [0.5, 0.6) is 11.5 Å². The van der Waals surface area contributed by atoms with Gasteiger partial charge < -0.3 is 4.74 Å². The summed E-state index contributed by atoms with van der Waals surface area (Å²) in [6.45, 7) is 1.58. The zero-order valence-corrected chi connectivity index (χ0v) is 16.7. The minimum absolute atomic E-state index is 0.0140. The maximum Gasteiger partial charge on any atom is 0.329 e. The number of pyridine rings is 2. The molecule has 0 bridgehead atoms. The second-order valence-electron chi connectivity index (χ2n) is 7.97. The number of carbonyl (C=O) groups is 3. The van der Waals surface area contributed by atoms with E-state index in [1.54, 1.807) is 18.2 Å². The molecule has 1 N–H and O–H groups in total. The van der Waals surface area contributed by atoms with Crippen molar-refractivity contribution in [3.63, 3.8) is 0 Å². The van der Waals surface area contributed by atoms with Gasteiger partial charge in [-0.05, 0) is 31.5 Å². The lowest BCUT2D eigenvalue weighted by atomic mass is 9.65. The molecular formula is C21H20F2N4O4. The number of Topliss-reactive ketones (excluding diaryl/α,β-unsaturated/α-hetero) is 1. The van der Waals surface area contributed by atoms with E-state index in [1.165, 1.54) is 25.4 Å². The number of anilines is 1. The number of halogens is 2. The van der Waals surface area contributed by atoms with Crippen molar-refractivity contribution in [1.29, 1.82) is 0 Å². The Morgan fingerprint density at radius 3 is 2.61 bits per heavy atom. The molecule has 162 valence electrons. The van der Waals surface area contributed by atoms with Crippen LogP contribution in [0.25, 0.3) is 0 Å². The molecule has 2 aromatic heterocycles. The summed E-state index contributed by atoms with van der Waals surface area (Å²) < 4.78 is 32.2. The van der Waals surface area contributed by atoms with Crippen LogP contribution in [0.15, 0.2) is 36.7 Å². The Morgan fingerprint density at radius 2 is 1.97 bits per heavy atom. The first-order valence-electron chi connectivity index (χ1n) is 9.75. The number of carbonyl (C=O) groups excluding carboxylic acids is 3. The molecule has 4 rings (SSSR count). The van der Waals surface area contributed by atoms with Crippen molar-refractivity contribution >= 4 is 23.5 Å². The van der Waals surface area contributed by atoms with E-state index in [4.69, 9.17) is 4.74 Å². The minimum Gasteiger partial charge on any atom is -0.456 e. The average molecular weight is 430 g/mol. The van der Waals surface area contributed by atoms with Gasteiger partial charge in [0.2, 0.25) is 11.8 Å². The number of nitrogens with one attached hydrogen (secondary N) is 1. The quantitative estimate of drug-likeness (QED) is 0.778. The lowest BCUT2D eigenvalue weighted by molar-refractivity contribution is -0.176. The van der Waals surface area contributed by atoms with E-state index in [9.17, 15) is 23.2 Å². The lowest BCUT2D eigenvalue weighted by Crippen LogP contribution is -2.52. The Bertz CT molecular complexity index is 1030. The summed E-state index contributed by atoms with van der Waals surface area (Å²) in [5.74, 6) is -2.34. The summed E-state index contributed by atoms with van der Waals surface area (Å²) in [7, 11) is 0. The Morgan fingerprint density at radius 1 is 1.19 bits per heavy atom. The third-order valence-electron chi connectivity index (χ3n) is 5.38. The smallest absolute Gasteiger partial charge is 0.329 e. The number of urea groups is 1. The van der Waals surface area contributed by atoms with E-state index in [0.29, 0.717) is 17.2 Å². The van der Waals surface area contributed by atoms with Gasteiger partial charge in [0.15, 0.2) is 0 Å². The molecular weight excluding hydrogens is 410 g/mol. The number of amides is 3. The summed E-state index contributed by atoms with van der Waals surface area (Å²) in [5.41, 5.74) is -0.531. The van der Waals surface area contributed by atoms with E-state index < -0.39 is 36.1 Å². The molecule has 1 aliphatic heterocycles. The van der Waals surface area contributed by atoms with Gasteiger partial charge in [-0.1, -0.05) is 0 Å². The van der Waals surface area contributed by atoms with Crippen LogP contribution >= 0.6 is 0 Å². The molecule has 31 heavy (non-hydrogen) atoms. The lowest BCUT2D eigenvalue weighted by Gasteiger charge is -2.42. The average Bonchev–Trinajstić information content (AvgIpc) is 2.99. The van der Waals surface area contributed by atoms with Crippen LogP contribution in [0.1, 0.15) is 31.9 Å². The molecule has 1 aliphatic carbocycles. The fourth-order valence-corrected chi connectivity index (χ4v) is 3.98. The highest BCUT2D eigenvalue weighted by Gasteiger charge is 2.64. The first-order chi connectivity index (χ1) is 14.7. The van der Waals surface area contributed by atoms with E-state index in [1.807, 2.05) is 0 Å². The van der Waals surface area contributed by atoms with E-state index in [-0.39, 0.29) is 31.0 Å². The normalized spacial score (nSPS) is 18.5. The number of alkyl halides is 2. The Balaban J connectivity index is 1.35. The zero-order valence-electron chi connectivity index (χ0n) is 16.7. The number of aromatic nitrogens is 2. The third kappa shape index (κ3) is 4.37. The summed E-state index contributed by atoms with van der Waals surface area (Å²) in [6, 6.07) is 5.67. The summed E-state index contributed by atoms with van der Waals surface area (Å²) >= 11 is 0. The molecule has 0 unspecified atom stereocenters. The van der Waals surface area contributed by atoms with Gasteiger partial charge in [0.1, 0.15) is 23.1 Å². The largest absolute Gasteiger partial charge is 0.456 e. The van der Waals surface area contributed by atoms with Gasteiger partial charge in [-0.3, -0.25) is 24.8 Å². The van der Waals surface area contributed by atoms with Crippen molar-refractivity contribution in [3.8, 4) is 11.5 Å². The van der Waals surface area contributed by atoms with Crippen LogP contribution in [-0.4, -0.2) is 45.1 Å². The minimum atomic E-state index is -2.83. The zero-order chi connectivity index (χ0) is 22.2. The van der Waals surface area contributed by atoms with Crippen molar-refractivity contribution in [2.75, 3.05) is 11.9 Å². The van der Waals surface area contributed by atoms with E-state index >= 15 is 0 Å². The number of imide groups is 1. The highest BCUT2D eigenvalue weighted by Crippen LogP contribution is 2.57. The molecule has 2 aromatic rings. The van der Waals surface area contributed by atoms with Gasteiger partial charge in [-0.25, -0.2) is 18.6 Å². The van der Waals surface area contributed by atoms with Crippen LogP contribution < -0.4 is 10.1 Å². The van der Waals surface area contributed by atoms with Crippen LogP contribution in [0.2, 0.25) is 0 Å². The third-order valence-corrected chi connectivity index (χ3v) is 5.38. The van der Waals surface area contributed by atoms with Crippen LogP contribution in [-0.2, 0) is 16.0 Å². The Kier molecular flexibility index (Phi) is 5.16. The van der Waals surface area contributed by atoms with Crippen molar-refractivity contribution in [1.82, 2.24) is 14.9 Å². The standard InChI is InChI=1S/C21H20F2N4O4/c1-13(28)8-14-9-15(4-6-24-14)31-16-2-3-17(25-10-16)26-19(30)27-7-5-20(18(27)29)11-21(22,23)12-20/h2-4,6,9-10H,5,7-8,11-12H2,1H3,(H,25,26,30). The topological polar surface area (TPSA) is 101 Å². The summed E-state index contributed by atoms with van der Waals surface area (Å²) in [4.78, 5) is 45.2. The summed E-state index contributed by atoms with van der Waals surface area (Å²) in [6.07, 6.45) is 2.36. The van der Waals surface area contributed by atoms with Gasteiger partial charge in [0.25, 0.3) is 0 Å². The number of likely N-dealkylation sites (tertiary alicyclic amines) is 1. The number of rotatable bonds is 5. The molecule has 10 heteroatoms. The first kappa shape index (κ1) is 20.8. The maximum atomic E-state index is 13.2. The van der Waals surface area contributed by atoms with Crippen molar-refractivity contribution in [2.45, 2.75) is 38.5 Å².